The summed E-state index contributed by atoms with van der Waals surface area (Å²) in [4.78, 5) is 31.4. The van der Waals surface area contributed by atoms with Crippen LogP contribution in [-0.2, 0) is 0 Å². The van der Waals surface area contributed by atoms with Crippen molar-refractivity contribution in [3.63, 3.8) is 0 Å². The molecule has 326 valence electrons. The molecule has 4 aromatic heterocycles. The molecule has 14 aromatic rings. The maximum atomic E-state index is 5.49. The molecule has 0 unspecified atom stereocenters. The molecule has 0 aliphatic carbocycles. The SMILES string of the molecule is c1ccc(-c2nc(-c3ccccc3)nc(-c3cccc(-n4c5ccccc5c5ccc6c7ccccc7n(-c7nc(-c8ccccc8)nc(-c8cccc9c8ccc8ccccc89)n7)c6c54)c3)n2)cc1. The van der Waals surface area contributed by atoms with E-state index in [2.05, 4.69) is 161 Å². The van der Waals surface area contributed by atoms with E-state index in [1.807, 2.05) is 78.9 Å². The molecule has 0 aliphatic rings. The summed E-state index contributed by atoms with van der Waals surface area (Å²) < 4.78 is 4.62. The van der Waals surface area contributed by atoms with Crippen molar-refractivity contribution in [1.29, 1.82) is 0 Å². The molecule has 0 saturated heterocycles. The summed E-state index contributed by atoms with van der Waals surface area (Å²) in [7, 11) is 0. The number of fused-ring (bicyclic) bond motifs is 10. The van der Waals surface area contributed by atoms with Crippen molar-refractivity contribution >= 4 is 65.2 Å². The zero-order valence-corrected chi connectivity index (χ0v) is 37.5. The van der Waals surface area contributed by atoms with Crippen LogP contribution in [0.2, 0.25) is 0 Å². The first-order valence-corrected chi connectivity index (χ1v) is 23.4. The molecule has 4 heterocycles. The summed E-state index contributed by atoms with van der Waals surface area (Å²) >= 11 is 0. The van der Waals surface area contributed by atoms with Gasteiger partial charge in [0.1, 0.15) is 0 Å². The Hall–Kier alpha value is -9.66. The quantitative estimate of drug-likeness (QED) is 0.148. The molecule has 0 saturated carbocycles. The van der Waals surface area contributed by atoms with Gasteiger partial charge in [0.25, 0.3) is 0 Å². The fourth-order valence-electron chi connectivity index (χ4n) is 10.2. The van der Waals surface area contributed by atoms with Crippen molar-refractivity contribution in [3.05, 3.63) is 231 Å². The third-order valence-electron chi connectivity index (χ3n) is 13.4. The third-order valence-corrected chi connectivity index (χ3v) is 13.4. The lowest BCUT2D eigenvalue weighted by Gasteiger charge is -2.15. The van der Waals surface area contributed by atoms with Crippen LogP contribution in [0.4, 0.5) is 0 Å². The minimum Gasteiger partial charge on any atom is -0.307 e. The van der Waals surface area contributed by atoms with E-state index in [9.17, 15) is 0 Å². The van der Waals surface area contributed by atoms with E-state index in [0.29, 0.717) is 35.1 Å². The van der Waals surface area contributed by atoms with Gasteiger partial charge in [0, 0.05) is 55.0 Å². The first-order chi connectivity index (χ1) is 34.7. The van der Waals surface area contributed by atoms with Gasteiger partial charge in [-0.15, -0.1) is 0 Å². The second-order valence-corrected chi connectivity index (χ2v) is 17.5. The third kappa shape index (κ3) is 6.38. The zero-order chi connectivity index (χ0) is 46.1. The van der Waals surface area contributed by atoms with Crippen molar-refractivity contribution in [3.8, 4) is 68.6 Å². The number of rotatable bonds is 7. The second kappa shape index (κ2) is 16.0. The van der Waals surface area contributed by atoms with Gasteiger partial charge in [0.05, 0.1) is 22.1 Å². The van der Waals surface area contributed by atoms with Crippen molar-refractivity contribution in [2.45, 2.75) is 0 Å². The van der Waals surface area contributed by atoms with Gasteiger partial charge in [-0.2, -0.15) is 9.97 Å². The smallest absolute Gasteiger partial charge is 0.238 e. The molecule has 8 nitrogen and oxygen atoms in total. The molecular formula is C62H38N8. The summed E-state index contributed by atoms with van der Waals surface area (Å²) in [6, 6.07) is 79.9. The van der Waals surface area contributed by atoms with Crippen LogP contribution in [0, 0.1) is 0 Å². The van der Waals surface area contributed by atoms with Crippen molar-refractivity contribution in [1.82, 2.24) is 39.0 Å². The fraction of sp³-hybridized carbons (Fsp3) is 0. The van der Waals surface area contributed by atoms with E-state index in [-0.39, 0.29) is 0 Å². The summed E-state index contributed by atoms with van der Waals surface area (Å²) in [6.07, 6.45) is 0. The van der Waals surface area contributed by atoms with Crippen LogP contribution in [0.15, 0.2) is 231 Å². The highest BCUT2D eigenvalue weighted by Gasteiger charge is 2.24. The predicted octanol–water partition coefficient (Wildman–Crippen LogP) is 14.9. The normalized spacial score (nSPS) is 11.7. The van der Waals surface area contributed by atoms with Gasteiger partial charge < -0.3 is 4.57 Å². The van der Waals surface area contributed by atoms with Crippen LogP contribution < -0.4 is 0 Å². The Labute approximate surface area is 401 Å². The highest BCUT2D eigenvalue weighted by molar-refractivity contribution is 6.24. The van der Waals surface area contributed by atoms with Crippen LogP contribution in [0.1, 0.15) is 0 Å². The van der Waals surface area contributed by atoms with E-state index in [0.717, 1.165) is 87.9 Å². The lowest BCUT2D eigenvalue weighted by atomic mass is 9.98. The molecule has 0 radical (unpaired) electrons. The Balaban J connectivity index is 1.05. The van der Waals surface area contributed by atoms with Gasteiger partial charge in [-0.25, -0.2) is 19.9 Å². The molecule has 14 rings (SSSR count). The number of nitrogens with zero attached hydrogens (tertiary/aromatic N) is 8. The van der Waals surface area contributed by atoms with Gasteiger partial charge in [0.2, 0.25) is 5.95 Å². The van der Waals surface area contributed by atoms with E-state index in [1.54, 1.807) is 0 Å². The molecule has 0 amide bonds. The van der Waals surface area contributed by atoms with Gasteiger partial charge in [-0.1, -0.05) is 206 Å². The van der Waals surface area contributed by atoms with Crippen LogP contribution in [0.25, 0.3) is 134 Å². The van der Waals surface area contributed by atoms with Crippen LogP contribution in [0.5, 0.6) is 0 Å². The van der Waals surface area contributed by atoms with Crippen LogP contribution in [0.3, 0.4) is 0 Å². The average molecular weight is 895 g/mol. The number of para-hydroxylation sites is 2. The number of hydrogen-bond acceptors (Lipinski definition) is 6. The molecule has 0 bridgehead atoms. The van der Waals surface area contributed by atoms with Gasteiger partial charge in [-0.05, 0) is 45.8 Å². The minimum atomic E-state index is 0.526. The minimum absolute atomic E-state index is 0.526. The molecule has 0 spiro atoms. The number of benzene rings is 10. The second-order valence-electron chi connectivity index (χ2n) is 17.5. The monoisotopic (exact) mass is 894 g/mol. The highest BCUT2D eigenvalue weighted by atomic mass is 15.2. The van der Waals surface area contributed by atoms with Gasteiger partial charge >= 0.3 is 0 Å². The number of hydrogen-bond donors (Lipinski definition) is 0. The first kappa shape index (κ1) is 39.5. The summed E-state index contributed by atoms with van der Waals surface area (Å²) in [5.74, 6) is 3.52. The van der Waals surface area contributed by atoms with Crippen molar-refractivity contribution in [2.75, 3.05) is 0 Å². The van der Waals surface area contributed by atoms with Crippen molar-refractivity contribution in [2.24, 2.45) is 0 Å². The molecule has 8 heteroatoms. The van der Waals surface area contributed by atoms with E-state index >= 15 is 0 Å². The standard InChI is InChI=1S/C62H38N8/c1-4-19-40(20-5-1)57-63-58(41-21-6-2-7-22-41)65-60(64-57)43-25-16-26-44(38-43)69-53-32-14-12-28-48(53)50-36-37-51-49-29-13-15-33-54(49)70(56(51)55(50)69)62-67-59(42-23-8-3-9-24-42)66-61(68-62)52-31-17-30-46-45-27-11-10-18-39(45)34-35-47(46)52/h1-38H. The Morgan fingerprint density at radius 2 is 0.700 bits per heavy atom. The van der Waals surface area contributed by atoms with Gasteiger partial charge in [-0.3, -0.25) is 4.57 Å². The topological polar surface area (TPSA) is 87.2 Å². The van der Waals surface area contributed by atoms with Crippen LogP contribution >= 0.6 is 0 Å². The molecule has 0 aliphatic heterocycles. The highest BCUT2D eigenvalue weighted by Crippen LogP contribution is 2.42. The summed E-state index contributed by atoms with van der Waals surface area (Å²) in [5.41, 5.74) is 9.56. The molecule has 0 atom stereocenters. The Morgan fingerprint density at radius 1 is 0.257 bits per heavy atom. The van der Waals surface area contributed by atoms with Crippen molar-refractivity contribution < 1.29 is 0 Å². The summed E-state index contributed by atoms with van der Waals surface area (Å²) in [5, 5.41) is 9.01. The first-order valence-electron chi connectivity index (χ1n) is 23.4. The van der Waals surface area contributed by atoms with E-state index in [1.165, 1.54) is 10.8 Å². The maximum absolute atomic E-state index is 5.49. The average Bonchev–Trinajstić information content (AvgIpc) is 3.97. The largest absolute Gasteiger partial charge is 0.307 e. The molecular weight excluding hydrogens is 857 g/mol. The lowest BCUT2D eigenvalue weighted by molar-refractivity contribution is 0.954. The molecule has 0 fully saturated rings. The number of aromatic nitrogens is 8. The molecule has 70 heavy (non-hydrogen) atoms. The molecule has 0 N–H and O–H groups in total. The van der Waals surface area contributed by atoms with Crippen LogP contribution in [-0.4, -0.2) is 39.0 Å². The summed E-state index contributed by atoms with van der Waals surface area (Å²) in [6.45, 7) is 0. The van der Waals surface area contributed by atoms with Gasteiger partial charge in [0.15, 0.2) is 29.1 Å². The Kier molecular flexibility index (Phi) is 9.03. The molecule has 10 aromatic carbocycles. The zero-order valence-electron chi connectivity index (χ0n) is 37.5. The Bertz CT molecular complexity index is 4290. The van der Waals surface area contributed by atoms with E-state index < -0.39 is 0 Å². The lowest BCUT2D eigenvalue weighted by Crippen LogP contribution is -2.07. The fourth-order valence-corrected chi connectivity index (χ4v) is 10.2. The van der Waals surface area contributed by atoms with E-state index in [4.69, 9.17) is 29.9 Å². The Morgan fingerprint density at radius 3 is 1.34 bits per heavy atom. The maximum Gasteiger partial charge on any atom is 0.238 e. The predicted molar refractivity (Wildman–Crippen MR) is 284 cm³/mol.